The summed E-state index contributed by atoms with van der Waals surface area (Å²) in [6.45, 7) is 2.12. The Balaban J connectivity index is 2.17. The first-order chi connectivity index (χ1) is 9.24. The highest BCUT2D eigenvalue weighted by Gasteiger charge is 2.14. The fourth-order valence-corrected chi connectivity index (χ4v) is 2.61. The molecule has 0 atom stereocenters. The van der Waals surface area contributed by atoms with Crippen LogP contribution in [0.2, 0.25) is 10.0 Å². The first-order valence-corrected chi connectivity index (χ1v) is 7.22. The first-order valence-electron chi connectivity index (χ1n) is 5.69. The summed E-state index contributed by atoms with van der Waals surface area (Å²) < 4.78 is 8.97. The summed E-state index contributed by atoms with van der Waals surface area (Å²) in [6, 6.07) is 5.50. The van der Waals surface area contributed by atoms with E-state index in [0.29, 0.717) is 23.2 Å². The van der Waals surface area contributed by atoms with Gasteiger partial charge in [-0.2, -0.15) is 0 Å². The second kappa shape index (κ2) is 7.17. The van der Waals surface area contributed by atoms with Crippen molar-refractivity contribution < 1.29 is 4.74 Å². The van der Waals surface area contributed by atoms with Crippen LogP contribution < -0.4 is 5.32 Å². The average Bonchev–Trinajstić information content (AvgIpc) is 2.86. The van der Waals surface area contributed by atoms with Crippen molar-refractivity contribution in [1.82, 2.24) is 14.9 Å². The zero-order valence-corrected chi connectivity index (χ0v) is 12.6. The molecule has 2 aromatic rings. The van der Waals surface area contributed by atoms with Crippen LogP contribution >= 0.6 is 34.7 Å². The molecule has 0 aliphatic carbocycles. The summed E-state index contributed by atoms with van der Waals surface area (Å²) in [4.78, 5) is 1.03. The van der Waals surface area contributed by atoms with Gasteiger partial charge in [-0.25, -0.2) is 0 Å². The van der Waals surface area contributed by atoms with E-state index in [9.17, 15) is 0 Å². The number of rotatable bonds is 6. The molecule has 1 N–H and O–H groups in total. The van der Waals surface area contributed by atoms with E-state index in [4.69, 9.17) is 27.9 Å². The maximum atomic E-state index is 6.20. The van der Waals surface area contributed by atoms with Gasteiger partial charge in [0.25, 0.3) is 0 Å². The molecule has 1 aromatic heterocycles. The molecule has 0 saturated carbocycles. The maximum Gasteiger partial charge on any atom is 0.111 e. The quantitative estimate of drug-likeness (QED) is 0.831. The van der Waals surface area contributed by atoms with E-state index in [0.717, 1.165) is 22.7 Å². The molecule has 1 heterocycles. The lowest BCUT2D eigenvalue weighted by atomic mass is 10.1. The number of benzene rings is 1. The molecule has 0 amide bonds. The van der Waals surface area contributed by atoms with Gasteiger partial charge in [-0.15, -0.1) is 5.10 Å². The number of hydrogen-bond acceptors (Lipinski definition) is 5. The lowest BCUT2D eigenvalue weighted by molar-refractivity contribution is 0.199. The van der Waals surface area contributed by atoms with Crippen molar-refractivity contribution in [2.24, 2.45) is 0 Å². The van der Waals surface area contributed by atoms with Crippen molar-refractivity contribution >= 4 is 34.7 Å². The van der Waals surface area contributed by atoms with Crippen molar-refractivity contribution in [2.45, 2.75) is 6.54 Å². The van der Waals surface area contributed by atoms with Crippen molar-refractivity contribution in [2.75, 3.05) is 20.3 Å². The SMILES string of the molecule is COCCNCc1snnc1-c1cccc(Cl)c1Cl. The Bertz CT molecular complexity index is 548. The predicted molar refractivity (Wildman–Crippen MR) is 78.9 cm³/mol. The summed E-state index contributed by atoms with van der Waals surface area (Å²) in [7, 11) is 1.67. The molecule has 0 bridgehead atoms. The highest BCUT2D eigenvalue weighted by Crippen LogP contribution is 2.34. The smallest absolute Gasteiger partial charge is 0.111 e. The Kier molecular flexibility index (Phi) is 5.54. The number of nitrogens with zero attached hydrogens (tertiary/aromatic N) is 2. The van der Waals surface area contributed by atoms with Crippen LogP contribution in [-0.2, 0) is 11.3 Å². The molecular formula is C12H13Cl2N3OS. The zero-order chi connectivity index (χ0) is 13.7. The zero-order valence-electron chi connectivity index (χ0n) is 10.3. The Labute approximate surface area is 125 Å². The van der Waals surface area contributed by atoms with Crippen LogP contribution in [-0.4, -0.2) is 29.8 Å². The van der Waals surface area contributed by atoms with E-state index < -0.39 is 0 Å². The van der Waals surface area contributed by atoms with Crippen LogP contribution in [0, 0.1) is 0 Å². The summed E-state index contributed by atoms with van der Waals surface area (Å²) >= 11 is 13.6. The van der Waals surface area contributed by atoms with Crippen LogP contribution in [0.3, 0.4) is 0 Å². The summed E-state index contributed by atoms with van der Waals surface area (Å²) in [5.41, 5.74) is 1.59. The van der Waals surface area contributed by atoms with Gasteiger partial charge >= 0.3 is 0 Å². The molecule has 4 nitrogen and oxygen atoms in total. The van der Waals surface area contributed by atoms with Crippen LogP contribution in [0.1, 0.15) is 4.88 Å². The van der Waals surface area contributed by atoms with Gasteiger partial charge in [-0.1, -0.05) is 39.8 Å². The molecule has 0 spiro atoms. The van der Waals surface area contributed by atoms with Crippen molar-refractivity contribution in [3.63, 3.8) is 0 Å². The Morgan fingerprint density at radius 3 is 3.00 bits per heavy atom. The highest BCUT2D eigenvalue weighted by molar-refractivity contribution is 7.06. The van der Waals surface area contributed by atoms with E-state index in [2.05, 4.69) is 14.9 Å². The minimum atomic E-state index is 0.509. The van der Waals surface area contributed by atoms with Crippen molar-refractivity contribution in [3.8, 4) is 11.3 Å². The fraction of sp³-hybridized carbons (Fsp3) is 0.333. The lowest BCUT2D eigenvalue weighted by Gasteiger charge is -2.06. The summed E-state index contributed by atoms with van der Waals surface area (Å²) in [5, 5.41) is 8.43. The Morgan fingerprint density at radius 1 is 1.37 bits per heavy atom. The van der Waals surface area contributed by atoms with Gasteiger partial charge in [0, 0.05) is 25.8 Å². The van der Waals surface area contributed by atoms with Crippen molar-refractivity contribution in [1.29, 1.82) is 0 Å². The van der Waals surface area contributed by atoms with Gasteiger partial charge in [-0.3, -0.25) is 0 Å². The van der Waals surface area contributed by atoms with Crippen LogP contribution in [0.25, 0.3) is 11.3 Å². The number of ether oxygens (including phenoxy) is 1. The fourth-order valence-electron chi connectivity index (χ4n) is 1.59. The molecule has 0 radical (unpaired) electrons. The molecule has 1 aromatic carbocycles. The van der Waals surface area contributed by atoms with E-state index >= 15 is 0 Å². The van der Waals surface area contributed by atoms with E-state index in [1.807, 2.05) is 12.1 Å². The second-order valence-corrected chi connectivity index (χ2v) is 5.44. The lowest BCUT2D eigenvalue weighted by Crippen LogP contribution is -2.18. The summed E-state index contributed by atoms with van der Waals surface area (Å²) in [5.74, 6) is 0. The number of hydrogen-bond donors (Lipinski definition) is 1. The van der Waals surface area contributed by atoms with Gasteiger partial charge in [-0.05, 0) is 17.6 Å². The van der Waals surface area contributed by atoms with Gasteiger partial charge in [0.1, 0.15) is 5.69 Å². The van der Waals surface area contributed by atoms with Gasteiger partial charge in [0.05, 0.1) is 21.5 Å². The van der Waals surface area contributed by atoms with E-state index in [1.54, 1.807) is 13.2 Å². The number of aromatic nitrogens is 2. The van der Waals surface area contributed by atoms with Crippen molar-refractivity contribution in [3.05, 3.63) is 33.1 Å². The normalized spacial score (nSPS) is 10.9. The van der Waals surface area contributed by atoms with E-state index in [-0.39, 0.29) is 0 Å². The maximum absolute atomic E-state index is 6.20. The minimum Gasteiger partial charge on any atom is -0.383 e. The summed E-state index contributed by atoms with van der Waals surface area (Å²) in [6.07, 6.45) is 0. The molecule has 0 fully saturated rings. The Morgan fingerprint density at radius 2 is 2.21 bits per heavy atom. The highest BCUT2D eigenvalue weighted by atomic mass is 35.5. The number of methoxy groups -OCH3 is 1. The molecule has 19 heavy (non-hydrogen) atoms. The van der Waals surface area contributed by atoms with Gasteiger partial charge in [0.15, 0.2) is 0 Å². The molecule has 102 valence electrons. The monoisotopic (exact) mass is 317 g/mol. The largest absolute Gasteiger partial charge is 0.383 e. The molecular weight excluding hydrogens is 305 g/mol. The second-order valence-electron chi connectivity index (χ2n) is 3.82. The third-order valence-electron chi connectivity index (χ3n) is 2.53. The Hall–Kier alpha value is -0.720. The molecule has 2 rings (SSSR count). The predicted octanol–water partition coefficient (Wildman–Crippen LogP) is 3.25. The molecule has 7 heteroatoms. The third kappa shape index (κ3) is 3.64. The molecule has 0 aliphatic rings. The molecule has 0 saturated heterocycles. The van der Waals surface area contributed by atoms with Gasteiger partial charge in [0.2, 0.25) is 0 Å². The minimum absolute atomic E-state index is 0.509. The van der Waals surface area contributed by atoms with Crippen LogP contribution in [0.5, 0.6) is 0 Å². The first kappa shape index (κ1) is 14.7. The average molecular weight is 318 g/mol. The molecule has 0 aliphatic heterocycles. The van der Waals surface area contributed by atoms with Crippen LogP contribution in [0.15, 0.2) is 18.2 Å². The standard InChI is InChI=1S/C12H13Cl2N3OS/c1-18-6-5-15-7-10-12(16-17-19-10)8-3-2-4-9(13)11(8)14/h2-4,15H,5-7H2,1H3. The van der Waals surface area contributed by atoms with Crippen LogP contribution in [0.4, 0.5) is 0 Å². The molecule has 0 unspecified atom stereocenters. The number of nitrogens with one attached hydrogen (secondary N) is 1. The third-order valence-corrected chi connectivity index (χ3v) is 4.07. The van der Waals surface area contributed by atoms with E-state index in [1.165, 1.54) is 11.5 Å². The van der Waals surface area contributed by atoms with Gasteiger partial charge < -0.3 is 10.1 Å². The number of halogens is 2. The topological polar surface area (TPSA) is 47.0 Å².